The summed E-state index contributed by atoms with van der Waals surface area (Å²) in [6.45, 7) is 6.86. The fourth-order valence-electron chi connectivity index (χ4n) is 5.38. The molecule has 2 aliphatic carbocycles. The molecule has 5 unspecified atom stereocenters. The molecule has 0 radical (unpaired) electrons. The standard InChI is InChI=1S/C24H42O3/c1-4-5-6-8-15-23(2,3)24(27)16-9-7-12-22(24)21-18-20(26)14-13-19(21)11-10-17-25/h7,9,12,16,19-22,25-27H,4-6,8,10-11,13-15,17-18H2,1-3H3. The fraction of sp³-hybridized carbons (Fsp3) is 0.833. The number of aliphatic hydroxyl groups is 3. The van der Waals surface area contributed by atoms with Crippen LogP contribution in [0.2, 0.25) is 0 Å². The summed E-state index contributed by atoms with van der Waals surface area (Å²) in [4.78, 5) is 0. The maximum Gasteiger partial charge on any atom is 0.0946 e. The summed E-state index contributed by atoms with van der Waals surface area (Å²) < 4.78 is 0. The second kappa shape index (κ2) is 10.2. The van der Waals surface area contributed by atoms with Crippen molar-refractivity contribution >= 4 is 0 Å². The van der Waals surface area contributed by atoms with Crippen LogP contribution in [0.15, 0.2) is 24.3 Å². The number of rotatable bonds is 10. The Morgan fingerprint density at radius 3 is 2.56 bits per heavy atom. The van der Waals surface area contributed by atoms with Crippen molar-refractivity contribution in [3.63, 3.8) is 0 Å². The van der Waals surface area contributed by atoms with E-state index in [1.165, 1.54) is 19.3 Å². The van der Waals surface area contributed by atoms with Crippen molar-refractivity contribution in [1.29, 1.82) is 0 Å². The van der Waals surface area contributed by atoms with Crippen LogP contribution in [0.5, 0.6) is 0 Å². The highest BCUT2D eigenvalue weighted by Gasteiger charge is 2.51. The Morgan fingerprint density at radius 1 is 1.07 bits per heavy atom. The van der Waals surface area contributed by atoms with Crippen LogP contribution in [-0.4, -0.2) is 33.6 Å². The van der Waals surface area contributed by atoms with E-state index in [2.05, 4.69) is 32.9 Å². The summed E-state index contributed by atoms with van der Waals surface area (Å²) in [5.41, 5.74) is -1.09. The quantitative estimate of drug-likeness (QED) is 0.469. The average molecular weight is 379 g/mol. The summed E-state index contributed by atoms with van der Waals surface area (Å²) in [6.07, 6.45) is 18.2. The smallest absolute Gasteiger partial charge is 0.0946 e. The van der Waals surface area contributed by atoms with Crippen LogP contribution in [0.3, 0.4) is 0 Å². The van der Waals surface area contributed by atoms with Gasteiger partial charge in [0.1, 0.15) is 0 Å². The Kier molecular flexibility index (Phi) is 8.58. The van der Waals surface area contributed by atoms with E-state index in [4.69, 9.17) is 0 Å². The number of unbranched alkanes of at least 4 members (excludes halogenated alkanes) is 3. The van der Waals surface area contributed by atoms with Gasteiger partial charge in [0.25, 0.3) is 0 Å². The summed E-state index contributed by atoms with van der Waals surface area (Å²) in [7, 11) is 0. The third-order valence-electron chi connectivity index (χ3n) is 7.24. The molecule has 0 heterocycles. The largest absolute Gasteiger partial charge is 0.396 e. The third kappa shape index (κ3) is 5.46. The SMILES string of the molecule is CCCCCCC(C)(C)C1(O)C=CC=CC1C1CC(O)CCC1CCCO. The molecule has 0 saturated heterocycles. The van der Waals surface area contributed by atoms with Crippen LogP contribution in [0, 0.1) is 23.2 Å². The zero-order chi connectivity index (χ0) is 19.9. The zero-order valence-corrected chi connectivity index (χ0v) is 17.7. The summed E-state index contributed by atoms with van der Waals surface area (Å²) >= 11 is 0. The molecule has 3 nitrogen and oxygen atoms in total. The van der Waals surface area contributed by atoms with Crippen LogP contribution in [0.1, 0.15) is 85.0 Å². The highest BCUT2D eigenvalue weighted by Crippen LogP contribution is 2.51. The Morgan fingerprint density at radius 2 is 1.85 bits per heavy atom. The van der Waals surface area contributed by atoms with Crippen LogP contribution < -0.4 is 0 Å². The first kappa shape index (κ1) is 22.6. The molecule has 27 heavy (non-hydrogen) atoms. The normalized spacial score (nSPS) is 34.1. The maximum atomic E-state index is 11.9. The molecule has 3 heteroatoms. The molecule has 156 valence electrons. The molecular formula is C24H42O3. The predicted octanol–water partition coefficient (Wildman–Crippen LogP) is 5.01. The minimum atomic E-state index is -0.882. The van der Waals surface area contributed by atoms with Gasteiger partial charge in [-0.25, -0.2) is 0 Å². The molecule has 3 N–H and O–H groups in total. The first-order chi connectivity index (χ1) is 12.9. The van der Waals surface area contributed by atoms with E-state index >= 15 is 0 Å². The van der Waals surface area contributed by atoms with E-state index in [0.717, 1.165) is 44.9 Å². The minimum Gasteiger partial charge on any atom is -0.396 e. The first-order valence-corrected chi connectivity index (χ1v) is 11.2. The Balaban J connectivity index is 2.20. The van der Waals surface area contributed by atoms with E-state index < -0.39 is 5.60 Å². The molecule has 2 rings (SSSR count). The molecule has 0 amide bonds. The average Bonchev–Trinajstić information content (AvgIpc) is 2.64. The molecule has 0 aromatic heterocycles. The lowest BCUT2D eigenvalue weighted by Gasteiger charge is -2.51. The minimum absolute atomic E-state index is 0.0299. The summed E-state index contributed by atoms with van der Waals surface area (Å²) in [6, 6.07) is 0. The highest BCUT2D eigenvalue weighted by molar-refractivity contribution is 5.26. The van der Waals surface area contributed by atoms with Crippen molar-refractivity contribution in [2.24, 2.45) is 23.2 Å². The first-order valence-electron chi connectivity index (χ1n) is 11.2. The van der Waals surface area contributed by atoms with Gasteiger partial charge >= 0.3 is 0 Å². The van der Waals surface area contributed by atoms with E-state index in [1.54, 1.807) is 0 Å². The predicted molar refractivity (Wildman–Crippen MR) is 112 cm³/mol. The van der Waals surface area contributed by atoms with Crippen molar-refractivity contribution in [2.45, 2.75) is 96.7 Å². The summed E-state index contributed by atoms with van der Waals surface area (Å²) in [5, 5.41) is 31.6. The van der Waals surface area contributed by atoms with Crippen LogP contribution in [-0.2, 0) is 0 Å². The van der Waals surface area contributed by atoms with Gasteiger partial charge in [-0.2, -0.15) is 0 Å². The zero-order valence-electron chi connectivity index (χ0n) is 17.7. The van der Waals surface area contributed by atoms with Crippen molar-refractivity contribution in [2.75, 3.05) is 6.61 Å². The van der Waals surface area contributed by atoms with Gasteiger partial charge in [0.15, 0.2) is 0 Å². The third-order valence-corrected chi connectivity index (χ3v) is 7.24. The number of aliphatic hydroxyl groups excluding tert-OH is 2. The monoisotopic (exact) mass is 378 g/mol. The molecule has 1 fully saturated rings. The number of hydrogen-bond donors (Lipinski definition) is 3. The fourth-order valence-corrected chi connectivity index (χ4v) is 5.38. The molecule has 5 atom stereocenters. The van der Waals surface area contributed by atoms with E-state index in [1.807, 2.05) is 12.2 Å². The molecular weight excluding hydrogens is 336 g/mol. The lowest BCUT2D eigenvalue weighted by molar-refractivity contribution is -0.100. The molecule has 1 saturated carbocycles. The Bertz CT molecular complexity index is 494. The van der Waals surface area contributed by atoms with Crippen molar-refractivity contribution in [3.05, 3.63) is 24.3 Å². The van der Waals surface area contributed by atoms with E-state index in [0.29, 0.717) is 5.92 Å². The van der Waals surface area contributed by atoms with Crippen molar-refractivity contribution in [1.82, 2.24) is 0 Å². The number of allylic oxidation sites excluding steroid dienone is 2. The van der Waals surface area contributed by atoms with Crippen molar-refractivity contribution in [3.8, 4) is 0 Å². The lowest BCUT2D eigenvalue weighted by atomic mass is 9.56. The van der Waals surface area contributed by atoms with Gasteiger partial charge < -0.3 is 15.3 Å². The molecule has 0 spiro atoms. The highest BCUT2D eigenvalue weighted by atomic mass is 16.3. The molecule has 0 aromatic rings. The maximum absolute atomic E-state index is 11.9. The van der Waals surface area contributed by atoms with Gasteiger partial charge in [-0.3, -0.25) is 0 Å². The van der Waals surface area contributed by atoms with Crippen molar-refractivity contribution < 1.29 is 15.3 Å². The second-order valence-corrected chi connectivity index (χ2v) is 9.55. The molecule has 0 aromatic carbocycles. The van der Waals surface area contributed by atoms with Gasteiger partial charge in [-0.05, 0) is 55.8 Å². The van der Waals surface area contributed by atoms with Gasteiger partial charge in [0.2, 0.25) is 0 Å². The lowest BCUT2D eigenvalue weighted by Crippen LogP contribution is -2.54. The van der Waals surface area contributed by atoms with E-state index in [9.17, 15) is 15.3 Å². The van der Waals surface area contributed by atoms with Crippen LogP contribution in [0.4, 0.5) is 0 Å². The summed E-state index contributed by atoms with van der Waals surface area (Å²) in [5.74, 6) is 0.757. The van der Waals surface area contributed by atoms with Gasteiger partial charge in [-0.1, -0.05) is 70.8 Å². The number of hydrogen-bond acceptors (Lipinski definition) is 3. The second-order valence-electron chi connectivity index (χ2n) is 9.55. The van der Waals surface area contributed by atoms with Gasteiger partial charge in [0.05, 0.1) is 11.7 Å². The van der Waals surface area contributed by atoms with Crippen LogP contribution in [0.25, 0.3) is 0 Å². The van der Waals surface area contributed by atoms with Gasteiger partial charge in [-0.15, -0.1) is 0 Å². The topological polar surface area (TPSA) is 60.7 Å². The Labute approximate surface area is 166 Å². The van der Waals surface area contributed by atoms with Gasteiger partial charge in [0, 0.05) is 12.5 Å². The molecule has 0 bridgehead atoms. The van der Waals surface area contributed by atoms with E-state index in [-0.39, 0.29) is 30.0 Å². The Hall–Kier alpha value is -0.640. The molecule has 0 aliphatic heterocycles. The molecule has 2 aliphatic rings. The van der Waals surface area contributed by atoms with Crippen LogP contribution >= 0.6 is 0 Å².